The Hall–Kier alpha value is -2.30. The van der Waals surface area contributed by atoms with E-state index < -0.39 is 24.0 Å². The first-order valence-corrected chi connectivity index (χ1v) is 6.40. The number of hydrogen-bond donors (Lipinski definition) is 2. The Kier molecular flexibility index (Phi) is 6.29. The minimum atomic E-state index is -1.06. The molecule has 20 heavy (non-hydrogen) atoms. The molecule has 5 heteroatoms. The summed E-state index contributed by atoms with van der Waals surface area (Å²) in [5.41, 5.74) is 0. The molecular formula is C15H19NO4. The van der Waals surface area contributed by atoms with E-state index in [9.17, 15) is 9.59 Å². The van der Waals surface area contributed by atoms with Gasteiger partial charge in [0.1, 0.15) is 11.8 Å². The largest absolute Gasteiger partial charge is 0.481 e. The first-order chi connectivity index (χ1) is 9.54. The number of para-hydroxylation sites is 1. The lowest BCUT2D eigenvalue weighted by Crippen LogP contribution is -2.46. The fourth-order valence-corrected chi connectivity index (χ4v) is 1.59. The lowest BCUT2D eigenvalue weighted by molar-refractivity contribution is -0.143. The van der Waals surface area contributed by atoms with Crippen LogP contribution in [0.15, 0.2) is 43.0 Å². The molecule has 0 saturated carbocycles. The molecule has 0 heterocycles. The molecule has 0 aliphatic carbocycles. The predicted molar refractivity (Wildman–Crippen MR) is 75.5 cm³/mol. The molecule has 0 radical (unpaired) electrons. The number of hydrogen-bond acceptors (Lipinski definition) is 3. The molecular weight excluding hydrogens is 258 g/mol. The van der Waals surface area contributed by atoms with Gasteiger partial charge in [-0.3, -0.25) is 4.79 Å². The van der Waals surface area contributed by atoms with Crippen molar-refractivity contribution in [2.45, 2.75) is 31.9 Å². The van der Waals surface area contributed by atoms with E-state index in [2.05, 4.69) is 11.9 Å². The Morgan fingerprint density at radius 3 is 2.60 bits per heavy atom. The number of aliphatic carboxylic acids is 1. The molecule has 5 nitrogen and oxygen atoms in total. The predicted octanol–water partition coefficient (Wildman–Crippen LogP) is 1.99. The normalized spacial score (nSPS) is 13.1. The Morgan fingerprint density at radius 2 is 2.05 bits per heavy atom. The number of carbonyl (C=O) groups excluding carboxylic acids is 1. The van der Waals surface area contributed by atoms with Crippen molar-refractivity contribution in [3.8, 4) is 5.75 Å². The minimum Gasteiger partial charge on any atom is -0.481 e. The molecule has 1 rings (SSSR count). The number of ether oxygens (including phenoxy) is 1. The number of rotatable bonds is 8. The molecule has 2 atom stereocenters. The van der Waals surface area contributed by atoms with Crippen LogP contribution in [-0.2, 0) is 9.59 Å². The van der Waals surface area contributed by atoms with Gasteiger partial charge in [-0.15, -0.1) is 6.58 Å². The monoisotopic (exact) mass is 277 g/mol. The molecule has 2 N–H and O–H groups in total. The van der Waals surface area contributed by atoms with E-state index in [-0.39, 0.29) is 0 Å². The van der Waals surface area contributed by atoms with Gasteiger partial charge in [0.05, 0.1) is 0 Å². The van der Waals surface area contributed by atoms with Crippen LogP contribution in [0.4, 0.5) is 0 Å². The third-order valence-corrected chi connectivity index (χ3v) is 2.70. The highest BCUT2D eigenvalue weighted by molar-refractivity contribution is 5.86. The second-order valence-corrected chi connectivity index (χ2v) is 4.34. The van der Waals surface area contributed by atoms with E-state index in [0.29, 0.717) is 18.6 Å². The molecule has 0 fully saturated rings. The molecule has 1 aromatic rings. The van der Waals surface area contributed by atoms with Gasteiger partial charge in [-0.1, -0.05) is 24.3 Å². The number of nitrogens with one attached hydrogen (secondary N) is 1. The van der Waals surface area contributed by atoms with Crippen LogP contribution in [0.2, 0.25) is 0 Å². The van der Waals surface area contributed by atoms with Crippen molar-refractivity contribution in [3.05, 3.63) is 43.0 Å². The smallest absolute Gasteiger partial charge is 0.326 e. The summed E-state index contributed by atoms with van der Waals surface area (Å²) >= 11 is 0. The SMILES string of the molecule is C=CCCC(NC(=O)C(C)Oc1ccccc1)C(=O)O. The van der Waals surface area contributed by atoms with Crippen LogP contribution in [0, 0.1) is 0 Å². The summed E-state index contributed by atoms with van der Waals surface area (Å²) in [6, 6.07) is 7.97. The van der Waals surface area contributed by atoms with Crippen LogP contribution in [0.3, 0.4) is 0 Å². The third kappa shape index (κ3) is 5.14. The molecule has 0 aromatic heterocycles. The highest BCUT2D eigenvalue weighted by Crippen LogP contribution is 2.11. The van der Waals surface area contributed by atoms with Crippen LogP contribution in [0.5, 0.6) is 5.75 Å². The Bertz CT molecular complexity index is 458. The maximum Gasteiger partial charge on any atom is 0.326 e. The summed E-state index contributed by atoms with van der Waals surface area (Å²) in [7, 11) is 0. The fraction of sp³-hybridized carbons (Fsp3) is 0.333. The van der Waals surface area contributed by atoms with E-state index >= 15 is 0 Å². The van der Waals surface area contributed by atoms with Crippen LogP contribution in [0.25, 0.3) is 0 Å². The number of carbonyl (C=O) groups is 2. The zero-order chi connectivity index (χ0) is 15.0. The molecule has 0 spiro atoms. The average Bonchev–Trinajstić information content (AvgIpc) is 2.43. The Balaban J connectivity index is 2.55. The van der Waals surface area contributed by atoms with Gasteiger partial charge >= 0.3 is 5.97 Å². The summed E-state index contributed by atoms with van der Waals surface area (Å²) < 4.78 is 5.44. The van der Waals surface area contributed by atoms with Gasteiger partial charge < -0.3 is 15.2 Å². The van der Waals surface area contributed by atoms with Crippen molar-refractivity contribution in [2.75, 3.05) is 0 Å². The standard InChI is InChI=1S/C15H19NO4/c1-3-4-10-13(15(18)19)16-14(17)11(2)20-12-8-6-5-7-9-12/h3,5-9,11,13H,1,4,10H2,2H3,(H,16,17)(H,18,19). The number of carboxylic acid groups (broad SMARTS) is 1. The van der Waals surface area contributed by atoms with Gasteiger partial charge in [-0.2, -0.15) is 0 Å². The van der Waals surface area contributed by atoms with Crippen molar-refractivity contribution in [3.63, 3.8) is 0 Å². The van der Waals surface area contributed by atoms with Crippen LogP contribution in [0.1, 0.15) is 19.8 Å². The number of benzene rings is 1. The molecule has 0 aliphatic rings. The summed E-state index contributed by atoms with van der Waals surface area (Å²) in [4.78, 5) is 22.9. The van der Waals surface area contributed by atoms with Crippen molar-refractivity contribution in [1.82, 2.24) is 5.32 Å². The molecule has 2 unspecified atom stereocenters. The third-order valence-electron chi connectivity index (χ3n) is 2.70. The molecule has 1 amide bonds. The topological polar surface area (TPSA) is 75.6 Å². The average molecular weight is 277 g/mol. The number of carboxylic acids is 1. The highest BCUT2D eigenvalue weighted by atomic mass is 16.5. The van der Waals surface area contributed by atoms with Gasteiger partial charge in [-0.05, 0) is 31.9 Å². The van der Waals surface area contributed by atoms with Crippen molar-refractivity contribution >= 4 is 11.9 Å². The maximum atomic E-state index is 11.9. The molecule has 0 aliphatic heterocycles. The first kappa shape index (κ1) is 15.8. The lowest BCUT2D eigenvalue weighted by Gasteiger charge is -2.18. The fourth-order valence-electron chi connectivity index (χ4n) is 1.59. The highest BCUT2D eigenvalue weighted by Gasteiger charge is 2.23. The Labute approximate surface area is 118 Å². The minimum absolute atomic E-state index is 0.308. The summed E-state index contributed by atoms with van der Waals surface area (Å²) in [5, 5.41) is 11.5. The van der Waals surface area contributed by atoms with Crippen LogP contribution < -0.4 is 10.1 Å². The molecule has 0 saturated heterocycles. The van der Waals surface area contributed by atoms with Crippen molar-refractivity contribution in [1.29, 1.82) is 0 Å². The van der Waals surface area contributed by atoms with Crippen molar-refractivity contribution < 1.29 is 19.4 Å². The first-order valence-electron chi connectivity index (χ1n) is 6.40. The summed E-state index contributed by atoms with van der Waals surface area (Å²) in [6.45, 7) is 5.11. The van der Waals surface area contributed by atoms with Crippen LogP contribution in [-0.4, -0.2) is 29.1 Å². The summed E-state index contributed by atoms with van der Waals surface area (Å²) in [5.74, 6) is -0.953. The van der Waals surface area contributed by atoms with E-state index in [1.807, 2.05) is 6.07 Å². The molecule has 1 aromatic carbocycles. The number of allylic oxidation sites excluding steroid dienone is 1. The molecule has 108 valence electrons. The van der Waals surface area contributed by atoms with Gasteiger partial charge in [0.2, 0.25) is 0 Å². The maximum absolute atomic E-state index is 11.9. The zero-order valence-electron chi connectivity index (χ0n) is 11.4. The lowest BCUT2D eigenvalue weighted by atomic mass is 10.1. The van der Waals surface area contributed by atoms with Gasteiger partial charge in [0.25, 0.3) is 5.91 Å². The second kappa shape index (κ2) is 7.99. The molecule has 0 bridgehead atoms. The number of amides is 1. The van der Waals surface area contributed by atoms with Gasteiger partial charge in [0.15, 0.2) is 6.10 Å². The van der Waals surface area contributed by atoms with Gasteiger partial charge in [0, 0.05) is 0 Å². The van der Waals surface area contributed by atoms with Crippen molar-refractivity contribution in [2.24, 2.45) is 0 Å². The van der Waals surface area contributed by atoms with E-state index in [1.54, 1.807) is 37.3 Å². The van der Waals surface area contributed by atoms with Gasteiger partial charge in [-0.25, -0.2) is 4.79 Å². The zero-order valence-corrected chi connectivity index (χ0v) is 11.4. The van der Waals surface area contributed by atoms with E-state index in [0.717, 1.165) is 0 Å². The van der Waals surface area contributed by atoms with E-state index in [4.69, 9.17) is 9.84 Å². The second-order valence-electron chi connectivity index (χ2n) is 4.34. The van der Waals surface area contributed by atoms with Crippen LogP contribution >= 0.6 is 0 Å². The van der Waals surface area contributed by atoms with E-state index in [1.165, 1.54) is 0 Å². The quantitative estimate of drug-likeness (QED) is 0.712. The summed E-state index contributed by atoms with van der Waals surface area (Å²) in [6.07, 6.45) is 1.68. The Morgan fingerprint density at radius 1 is 1.40 bits per heavy atom.